The largest absolute Gasteiger partial charge is 0.335 e. The van der Waals surface area contributed by atoms with E-state index in [-0.39, 0.29) is 5.91 Å². The van der Waals surface area contributed by atoms with Gasteiger partial charge in [0.05, 0.1) is 0 Å². The molecule has 2 aliphatic rings. The minimum Gasteiger partial charge on any atom is -0.335 e. The first-order chi connectivity index (χ1) is 9.77. The molecule has 1 N–H and O–H groups in total. The number of aryl methyl sites for hydroxylation is 1. The Morgan fingerprint density at radius 2 is 2.10 bits per heavy atom. The van der Waals surface area contributed by atoms with Gasteiger partial charge in [-0.25, -0.2) is 0 Å². The molecule has 2 unspecified atom stereocenters. The van der Waals surface area contributed by atoms with Crippen LogP contribution in [0.4, 0.5) is 0 Å². The van der Waals surface area contributed by atoms with Crippen LogP contribution in [-0.2, 0) is 0 Å². The third-order valence-electron chi connectivity index (χ3n) is 4.81. The molecule has 3 nitrogen and oxygen atoms in total. The van der Waals surface area contributed by atoms with Gasteiger partial charge in [-0.3, -0.25) is 4.79 Å². The zero-order valence-corrected chi connectivity index (χ0v) is 12.3. The molecule has 0 saturated carbocycles. The SMILES string of the molecule is Cc1ccccc1C(=O)N1CCCC1C1CCCNC1. The monoisotopic (exact) mass is 272 g/mol. The van der Waals surface area contributed by atoms with E-state index in [9.17, 15) is 4.79 Å². The van der Waals surface area contributed by atoms with Crippen LogP contribution in [0, 0.1) is 12.8 Å². The lowest BCUT2D eigenvalue weighted by Gasteiger charge is -2.34. The fourth-order valence-corrected chi connectivity index (χ4v) is 3.71. The van der Waals surface area contributed by atoms with Gasteiger partial charge < -0.3 is 10.2 Å². The van der Waals surface area contributed by atoms with Crippen molar-refractivity contribution in [1.29, 1.82) is 0 Å². The van der Waals surface area contributed by atoms with Crippen molar-refractivity contribution in [2.45, 2.75) is 38.6 Å². The van der Waals surface area contributed by atoms with E-state index in [0.717, 1.165) is 37.2 Å². The number of rotatable bonds is 2. The Bertz CT molecular complexity index is 480. The number of nitrogens with one attached hydrogen (secondary N) is 1. The molecule has 3 rings (SSSR count). The molecule has 0 aromatic heterocycles. The highest BCUT2D eigenvalue weighted by Crippen LogP contribution is 2.29. The van der Waals surface area contributed by atoms with Gasteiger partial charge in [-0.15, -0.1) is 0 Å². The summed E-state index contributed by atoms with van der Waals surface area (Å²) in [5.41, 5.74) is 1.97. The third-order valence-corrected chi connectivity index (χ3v) is 4.81. The Morgan fingerprint density at radius 3 is 2.85 bits per heavy atom. The van der Waals surface area contributed by atoms with Gasteiger partial charge in [0.15, 0.2) is 0 Å². The van der Waals surface area contributed by atoms with Crippen LogP contribution in [0.15, 0.2) is 24.3 Å². The van der Waals surface area contributed by atoms with Gasteiger partial charge in [-0.2, -0.15) is 0 Å². The van der Waals surface area contributed by atoms with Crippen molar-refractivity contribution in [3.05, 3.63) is 35.4 Å². The minimum absolute atomic E-state index is 0.233. The van der Waals surface area contributed by atoms with Crippen LogP contribution in [-0.4, -0.2) is 36.5 Å². The number of nitrogens with zero attached hydrogens (tertiary/aromatic N) is 1. The maximum absolute atomic E-state index is 12.8. The molecule has 108 valence electrons. The van der Waals surface area contributed by atoms with E-state index in [2.05, 4.69) is 10.2 Å². The van der Waals surface area contributed by atoms with Crippen LogP contribution >= 0.6 is 0 Å². The van der Waals surface area contributed by atoms with Crippen LogP contribution < -0.4 is 5.32 Å². The molecule has 2 aliphatic heterocycles. The molecule has 0 radical (unpaired) electrons. The van der Waals surface area contributed by atoms with E-state index in [1.54, 1.807) is 0 Å². The first-order valence-electron chi connectivity index (χ1n) is 7.84. The Morgan fingerprint density at radius 1 is 1.25 bits per heavy atom. The summed E-state index contributed by atoms with van der Waals surface area (Å²) < 4.78 is 0. The van der Waals surface area contributed by atoms with Crippen LogP contribution in [0.2, 0.25) is 0 Å². The zero-order valence-electron chi connectivity index (χ0n) is 12.3. The smallest absolute Gasteiger partial charge is 0.254 e. The van der Waals surface area contributed by atoms with E-state index in [1.807, 2.05) is 31.2 Å². The summed E-state index contributed by atoms with van der Waals surface area (Å²) in [7, 11) is 0. The van der Waals surface area contributed by atoms with Gasteiger partial charge in [0.1, 0.15) is 0 Å². The number of amides is 1. The van der Waals surface area contributed by atoms with E-state index in [4.69, 9.17) is 0 Å². The van der Waals surface area contributed by atoms with Crippen LogP contribution in [0.5, 0.6) is 0 Å². The first kappa shape index (κ1) is 13.6. The van der Waals surface area contributed by atoms with Crippen molar-refractivity contribution in [3.63, 3.8) is 0 Å². The topological polar surface area (TPSA) is 32.3 Å². The molecular formula is C17H24N2O. The van der Waals surface area contributed by atoms with Crippen LogP contribution in [0.3, 0.4) is 0 Å². The molecule has 1 amide bonds. The summed E-state index contributed by atoms with van der Waals surface area (Å²) in [5.74, 6) is 0.871. The lowest BCUT2D eigenvalue weighted by molar-refractivity contribution is 0.0670. The predicted molar refractivity (Wildman–Crippen MR) is 80.8 cm³/mol. The number of carbonyl (C=O) groups excluding carboxylic acids is 1. The molecule has 3 heteroatoms. The molecule has 1 aromatic carbocycles. The van der Waals surface area contributed by atoms with Gasteiger partial charge in [-0.05, 0) is 63.2 Å². The molecule has 2 heterocycles. The normalized spacial score (nSPS) is 26.8. The van der Waals surface area contributed by atoms with Gasteiger partial charge in [0, 0.05) is 18.2 Å². The maximum Gasteiger partial charge on any atom is 0.254 e. The molecule has 0 spiro atoms. The summed E-state index contributed by atoms with van der Waals surface area (Å²) in [6.45, 7) is 5.16. The maximum atomic E-state index is 12.8. The number of benzene rings is 1. The fourth-order valence-electron chi connectivity index (χ4n) is 3.71. The van der Waals surface area contributed by atoms with Gasteiger partial charge >= 0.3 is 0 Å². The van der Waals surface area contributed by atoms with Crippen molar-refractivity contribution in [1.82, 2.24) is 10.2 Å². The zero-order chi connectivity index (χ0) is 13.9. The summed E-state index contributed by atoms with van der Waals surface area (Å²) >= 11 is 0. The number of piperidine rings is 1. The van der Waals surface area contributed by atoms with Crippen LogP contribution in [0.1, 0.15) is 41.6 Å². The number of likely N-dealkylation sites (tertiary alicyclic amines) is 1. The van der Waals surface area contributed by atoms with Crippen molar-refractivity contribution in [2.75, 3.05) is 19.6 Å². The molecule has 0 bridgehead atoms. The molecule has 2 saturated heterocycles. The first-order valence-corrected chi connectivity index (χ1v) is 7.84. The molecular weight excluding hydrogens is 248 g/mol. The number of hydrogen-bond acceptors (Lipinski definition) is 2. The van der Waals surface area contributed by atoms with Crippen LogP contribution in [0.25, 0.3) is 0 Å². The Balaban J connectivity index is 1.78. The average Bonchev–Trinajstić information content (AvgIpc) is 2.97. The molecule has 2 atom stereocenters. The van der Waals surface area contributed by atoms with E-state index in [1.165, 1.54) is 19.3 Å². The quantitative estimate of drug-likeness (QED) is 0.897. The Labute approximate surface area is 121 Å². The summed E-state index contributed by atoms with van der Waals surface area (Å²) in [5, 5.41) is 3.48. The highest BCUT2D eigenvalue weighted by atomic mass is 16.2. The van der Waals surface area contributed by atoms with Gasteiger partial charge in [0.2, 0.25) is 0 Å². The highest BCUT2D eigenvalue weighted by molar-refractivity contribution is 5.96. The van der Waals surface area contributed by atoms with Crippen molar-refractivity contribution in [3.8, 4) is 0 Å². The van der Waals surface area contributed by atoms with Crippen molar-refractivity contribution >= 4 is 5.91 Å². The molecule has 20 heavy (non-hydrogen) atoms. The van der Waals surface area contributed by atoms with Gasteiger partial charge in [0.25, 0.3) is 5.91 Å². The Hall–Kier alpha value is -1.35. The second-order valence-corrected chi connectivity index (χ2v) is 6.13. The van der Waals surface area contributed by atoms with E-state index in [0.29, 0.717) is 12.0 Å². The van der Waals surface area contributed by atoms with E-state index >= 15 is 0 Å². The lowest BCUT2D eigenvalue weighted by atomic mass is 9.90. The van der Waals surface area contributed by atoms with Crippen molar-refractivity contribution in [2.24, 2.45) is 5.92 Å². The van der Waals surface area contributed by atoms with Crippen molar-refractivity contribution < 1.29 is 4.79 Å². The fraction of sp³-hybridized carbons (Fsp3) is 0.588. The number of hydrogen-bond donors (Lipinski definition) is 1. The third kappa shape index (κ3) is 2.59. The second kappa shape index (κ2) is 5.96. The molecule has 1 aromatic rings. The minimum atomic E-state index is 0.233. The van der Waals surface area contributed by atoms with Gasteiger partial charge in [-0.1, -0.05) is 18.2 Å². The second-order valence-electron chi connectivity index (χ2n) is 6.13. The Kier molecular flexibility index (Phi) is 4.06. The average molecular weight is 272 g/mol. The highest BCUT2D eigenvalue weighted by Gasteiger charge is 2.35. The van der Waals surface area contributed by atoms with E-state index < -0.39 is 0 Å². The summed E-state index contributed by atoms with van der Waals surface area (Å²) in [4.78, 5) is 15.0. The summed E-state index contributed by atoms with van der Waals surface area (Å²) in [6, 6.07) is 8.40. The molecule has 0 aliphatic carbocycles. The number of carbonyl (C=O) groups is 1. The molecule has 2 fully saturated rings. The standard InChI is InChI=1S/C17H24N2O/c1-13-6-2-3-8-15(13)17(20)19-11-5-9-16(19)14-7-4-10-18-12-14/h2-3,6,8,14,16,18H,4-5,7,9-12H2,1H3. The lowest BCUT2D eigenvalue weighted by Crippen LogP contribution is -2.45. The predicted octanol–water partition coefficient (Wildman–Crippen LogP) is 2.60. The summed E-state index contributed by atoms with van der Waals surface area (Å²) in [6.07, 6.45) is 4.82.